The number of hydrogen-bond donors (Lipinski definition) is 1. The molecular weight excluding hydrogens is 320 g/mol. The molecule has 1 aliphatic carbocycles. The second kappa shape index (κ2) is 8.19. The minimum atomic E-state index is 0.172. The molecule has 3 rings (SSSR count). The summed E-state index contributed by atoms with van der Waals surface area (Å²) in [5, 5.41) is 3.12. The fourth-order valence-corrected chi connectivity index (χ4v) is 3.74. The smallest absolute Gasteiger partial charge is 0.223 e. The third kappa shape index (κ3) is 4.52. The molecule has 3 heteroatoms. The van der Waals surface area contributed by atoms with E-state index < -0.39 is 0 Å². The highest BCUT2D eigenvalue weighted by molar-refractivity contribution is 5.78. The molecule has 134 valence electrons. The first-order valence-corrected chi connectivity index (χ1v) is 9.41. The van der Waals surface area contributed by atoms with Crippen LogP contribution in [0.25, 0.3) is 16.0 Å². The summed E-state index contributed by atoms with van der Waals surface area (Å²) in [5.74, 6) is 1.12. The van der Waals surface area contributed by atoms with Crippen LogP contribution in [0, 0.1) is 25.3 Å². The molecule has 0 heterocycles. The molecule has 1 amide bonds. The summed E-state index contributed by atoms with van der Waals surface area (Å²) in [5.41, 5.74) is 5.03. The average Bonchev–Trinajstić information content (AvgIpc) is 2.66. The van der Waals surface area contributed by atoms with Crippen molar-refractivity contribution < 1.29 is 4.79 Å². The van der Waals surface area contributed by atoms with Crippen molar-refractivity contribution in [1.82, 2.24) is 5.32 Å². The van der Waals surface area contributed by atoms with E-state index in [1.807, 2.05) is 24.3 Å². The molecule has 0 atom stereocenters. The largest absolute Gasteiger partial charge is 0.352 e. The van der Waals surface area contributed by atoms with Gasteiger partial charge in [-0.25, -0.2) is 4.85 Å². The van der Waals surface area contributed by atoms with Crippen molar-refractivity contribution in [1.29, 1.82) is 0 Å². The Morgan fingerprint density at radius 3 is 2.62 bits per heavy atom. The van der Waals surface area contributed by atoms with Crippen LogP contribution in [0.15, 0.2) is 42.5 Å². The van der Waals surface area contributed by atoms with Gasteiger partial charge in [-0.3, -0.25) is 4.79 Å². The number of benzene rings is 2. The minimum absolute atomic E-state index is 0.172. The maximum Gasteiger partial charge on any atom is 0.223 e. The maximum absolute atomic E-state index is 12.5. The predicted octanol–water partition coefficient (Wildman–Crippen LogP) is 5.66. The molecule has 1 fully saturated rings. The Labute approximate surface area is 156 Å². The summed E-state index contributed by atoms with van der Waals surface area (Å²) in [4.78, 5) is 16.0. The highest BCUT2D eigenvalue weighted by atomic mass is 16.1. The summed E-state index contributed by atoms with van der Waals surface area (Å²) in [6.07, 6.45) is 4.33. The zero-order chi connectivity index (χ0) is 18.5. The Morgan fingerprint density at radius 2 is 1.88 bits per heavy atom. The number of nitrogens with zero attached hydrogens (tertiary/aromatic N) is 1. The summed E-state index contributed by atoms with van der Waals surface area (Å²) in [7, 11) is 0. The molecule has 0 radical (unpaired) electrons. The lowest BCUT2D eigenvalue weighted by atomic mass is 9.82. The van der Waals surface area contributed by atoms with Crippen LogP contribution in [0.3, 0.4) is 0 Å². The SMILES string of the molecule is [C-]#[N+]c1cccc(-c2cc(C)cc(CNC(=O)C3CCC(C)CC3)c2)c1. The number of rotatable bonds is 4. The second-order valence-electron chi connectivity index (χ2n) is 7.54. The number of aryl methyl sites for hydroxylation is 1. The van der Waals surface area contributed by atoms with E-state index in [-0.39, 0.29) is 11.8 Å². The number of carbonyl (C=O) groups excluding carboxylic acids is 1. The van der Waals surface area contributed by atoms with Gasteiger partial charge in [0, 0.05) is 12.5 Å². The molecular formula is C23H26N2O. The number of nitrogens with one attached hydrogen (secondary N) is 1. The van der Waals surface area contributed by atoms with Gasteiger partial charge in [-0.2, -0.15) is 0 Å². The van der Waals surface area contributed by atoms with Gasteiger partial charge in [0.15, 0.2) is 5.69 Å². The van der Waals surface area contributed by atoms with E-state index in [2.05, 4.69) is 42.2 Å². The van der Waals surface area contributed by atoms with E-state index in [4.69, 9.17) is 6.57 Å². The third-order valence-corrected chi connectivity index (χ3v) is 5.30. The van der Waals surface area contributed by atoms with Crippen LogP contribution < -0.4 is 5.32 Å². The van der Waals surface area contributed by atoms with Crippen LogP contribution >= 0.6 is 0 Å². The van der Waals surface area contributed by atoms with Gasteiger partial charge in [0.2, 0.25) is 5.91 Å². The molecule has 2 aromatic rings. The van der Waals surface area contributed by atoms with Crippen LogP contribution in [0.2, 0.25) is 0 Å². The molecule has 2 aromatic carbocycles. The molecule has 0 aromatic heterocycles. The fraction of sp³-hybridized carbons (Fsp3) is 0.391. The monoisotopic (exact) mass is 346 g/mol. The van der Waals surface area contributed by atoms with E-state index in [1.165, 1.54) is 0 Å². The maximum atomic E-state index is 12.5. The Bertz CT molecular complexity index is 826. The molecule has 0 saturated heterocycles. The van der Waals surface area contributed by atoms with Crippen LogP contribution in [0.5, 0.6) is 0 Å². The van der Waals surface area contributed by atoms with Crippen molar-refractivity contribution in [2.24, 2.45) is 11.8 Å². The number of amides is 1. The molecule has 0 aliphatic heterocycles. The first-order valence-electron chi connectivity index (χ1n) is 9.41. The number of carbonyl (C=O) groups is 1. The van der Waals surface area contributed by atoms with Gasteiger partial charge in [-0.05, 0) is 67.3 Å². The van der Waals surface area contributed by atoms with Crippen LogP contribution in [0.1, 0.15) is 43.7 Å². The molecule has 0 spiro atoms. The average molecular weight is 346 g/mol. The van der Waals surface area contributed by atoms with E-state index in [1.54, 1.807) is 0 Å². The summed E-state index contributed by atoms with van der Waals surface area (Å²) in [6, 6.07) is 14.0. The molecule has 26 heavy (non-hydrogen) atoms. The van der Waals surface area contributed by atoms with Crippen molar-refractivity contribution in [3.63, 3.8) is 0 Å². The van der Waals surface area contributed by atoms with Crippen molar-refractivity contribution in [3.05, 3.63) is 65.0 Å². The van der Waals surface area contributed by atoms with Crippen molar-refractivity contribution in [3.8, 4) is 11.1 Å². The summed E-state index contributed by atoms with van der Waals surface area (Å²) < 4.78 is 0. The van der Waals surface area contributed by atoms with Gasteiger partial charge < -0.3 is 5.32 Å². The van der Waals surface area contributed by atoms with Gasteiger partial charge in [-0.15, -0.1) is 0 Å². The van der Waals surface area contributed by atoms with Gasteiger partial charge >= 0.3 is 0 Å². The van der Waals surface area contributed by atoms with Gasteiger partial charge in [0.25, 0.3) is 0 Å². The normalized spacial score (nSPS) is 19.6. The minimum Gasteiger partial charge on any atom is -0.352 e. The Hall–Kier alpha value is -2.60. The van der Waals surface area contributed by atoms with Gasteiger partial charge in [0.1, 0.15) is 0 Å². The molecule has 0 unspecified atom stereocenters. The van der Waals surface area contributed by atoms with E-state index >= 15 is 0 Å². The van der Waals surface area contributed by atoms with Crippen LogP contribution in [0.4, 0.5) is 5.69 Å². The van der Waals surface area contributed by atoms with Crippen LogP contribution in [-0.2, 0) is 11.3 Å². The molecule has 1 aliphatic rings. The standard InChI is InChI=1S/C23H26N2O/c1-16-7-9-19(10-8-16)23(26)25-15-18-11-17(2)12-21(13-18)20-5-4-6-22(14-20)24-3/h4-6,11-14,16,19H,7-10,15H2,1-2H3,(H,25,26). The van der Waals surface area contributed by atoms with Crippen molar-refractivity contribution in [2.75, 3.05) is 0 Å². The van der Waals surface area contributed by atoms with Gasteiger partial charge in [0.05, 0.1) is 6.57 Å². The van der Waals surface area contributed by atoms with Crippen molar-refractivity contribution in [2.45, 2.75) is 46.1 Å². The predicted molar refractivity (Wildman–Crippen MR) is 106 cm³/mol. The molecule has 3 nitrogen and oxygen atoms in total. The fourth-order valence-electron chi connectivity index (χ4n) is 3.74. The van der Waals surface area contributed by atoms with E-state index in [0.717, 1.165) is 53.9 Å². The number of hydrogen-bond acceptors (Lipinski definition) is 1. The molecule has 1 N–H and O–H groups in total. The highest BCUT2D eigenvalue weighted by Crippen LogP contribution is 2.29. The summed E-state index contributed by atoms with van der Waals surface area (Å²) >= 11 is 0. The van der Waals surface area contributed by atoms with Crippen molar-refractivity contribution >= 4 is 11.6 Å². The van der Waals surface area contributed by atoms with Gasteiger partial charge in [-0.1, -0.05) is 42.8 Å². The molecule has 1 saturated carbocycles. The Morgan fingerprint density at radius 1 is 1.12 bits per heavy atom. The lowest BCUT2D eigenvalue weighted by Gasteiger charge is -2.25. The zero-order valence-corrected chi connectivity index (χ0v) is 15.6. The quantitative estimate of drug-likeness (QED) is 0.713. The first-order chi connectivity index (χ1) is 12.5. The lowest BCUT2D eigenvalue weighted by molar-refractivity contribution is -0.126. The topological polar surface area (TPSA) is 33.5 Å². The molecule has 0 bridgehead atoms. The Balaban J connectivity index is 1.70. The Kier molecular flexibility index (Phi) is 5.73. The third-order valence-electron chi connectivity index (χ3n) is 5.30. The van der Waals surface area contributed by atoms with Crippen LogP contribution in [-0.4, -0.2) is 5.91 Å². The summed E-state index contributed by atoms with van der Waals surface area (Å²) in [6.45, 7) is 12.1. The van der Waals surface area contributed by atoms with E-state index in [9.17, 15) is 4.79 Å². The first kappa shape index (κ1) is 18.2. The second-order valence-corrected chi connectivity index (χ2v) is 7.54. The van der Waals surface area contributed by atoms with E-state index in [0.29, 0.717) is 12.2 Å². The zero-order valence-electron chi connectivity index (χ0n) is 15.6. The highest BCUT2D eigenvalue weighted by Gasteiger charge is 2.23. The lowest BCUT2D eigenvalue weighted by Crippen LogP contribution is -2.32.